The summed E-state index contributed by atoms with van der Waals surface area (Å²) < 4.78 is 0. The Kier molecular flexibility index (Phi) is 3.78. The standard InChI is InChI=1S/C16H19NO/c1-13-5-3-4-6-15(13)16(2,12-18)11-14-7-9-17-10-8-14/h3-10,18H,11-12H2,1-2H3. The first-order valence-corrected chi connectivity index (χ1v) is 6.21. The van der Waals surface area contributed by atoms with Crippen LogP contribution in [0.2, 0.25) is 0 Å². The highest BCUT2D eigenvalue weighted by Crippen LogP contribution is 2.29. The molecule has 0 radical (unpaired) electrons. The van der Waals surface area contributed by atoms with E-state index in [1.807, 2.05) is 24.3 Å². The van der Waals surface area contributed by atoms with E-state index in [4.69, 9.17) is 0 Å². The molecule has 1 heterocycles. The Morgan fingerprint density at radius 1 is 1.11 bits per heavy atom. The van der Waals surface area contributed by atoms with Gasteiger partial charge in [-0.3, -0.25) is 4.98 Å². The molecule has 0 saturated carbocycles. The number of pyridine rings is 1. The molecule has 2 rings (SSSR count). The minimum Gasteiger partial charge on any atom is -0.395 e. The van der Waals surface area contributed by atoms with Crippen molar-refractivity contribution in [2.24, 2.45) is 0 Å². The summed E-state index contributed by atoms with van der Waals surface area (Å²) in [6.45, 7) is 4.34. The van der Waals surface area contributed by atoms with Crippen LogP contribution in [0, 0.1) is 6.92 Å². The maximum atomic E-state index is 9.81. The van der Waals surface area contributed by atoms with Gasteiger partial charge < -0.3 is 5.11 Å². The molecule has 0 aliphatic carbocycles. The maximum absolute atomic E-state index is 9.81. The normalized spacial score (nSPS) is 14.2. The lowest BCUT2D eigenvalue weighted by atomic mass is 9.76. The number of nitrogens with zero attached hydrogens (tertiary/aromatic N) is 1. The molecule has 0 bridgehead atoms. The van der Waals surface area contributed by atoms with Crippen LogP contribution in [0.3, 0.4) is 0 Å². The van der Waals surface area contributed by atoms with Crippen LogP contribution in [0.15, 0.2) is 48.8 Å². The van der Waals surface area contributed by atoms with Crippen molar-refractivity contribution in [1.82, 2.24) is 4.98 Å². The fourth-order valence-electron chi connectivity index (χ4n) is 2.44. The van der Waals surface area contributed by atoms with Gasteiger partial charge in [-0.2, -0.15) is 0 Å². The molecule has 0 amide bonds. The third-order valence-corrected chi connectivity index (χ3v) is 3.49. The van der Waals surface area contributed by atoms with E-state index >= 15 is 0 Å². The van der Waals surface area contributed by atoms with E-state index in [-0.39, 0.29) is 12.0 Å². The summed E-state index contributed by atoms with van der Waals surface area (Å²) in [4.78, 5) is 4.03. The number of rotatable bonds is 4. The molecule has 0 aliphatic heterocycles. The van der Waals surface area contributed by atoms with E-state index in [9.17, 15) is 5.11 Å². The minimum absolute atomic E-state index is 0.139. The molecule has 94 valence electrons. The number of hydrogen-bond donors (Lipinski definition) is 1. The van der Waals surface area contributed by atoms with Gasteiger partial charge in [0.2, 0.25) is 0 Å². The lowest BCUT2D eigenvalue weighted by Gasteiger charge is -2.29. The van der Waals surface area contributed by atoms with Crippen molar-refractivity contribution in [2.75, 3.05) is 6.61 Å². The van der Waals surface area contributed by atoms with Crippen molar-refractivity contribution < 1.29 is 5.11 Å². The predicted octanol–water partition coefficient (Wildman–Crippen LogP) is 2.88. The molecule has 0 fully saturated rings. The van der Waals surface area contributed by atoms with Crippen LogP contribution in [-0.4, -0.2) is 16.7 Å². The molecule has 2 aromatic rings. The maximum Gasteiger partial charge on any atom is 0.0528 e. The van der Waals surface area contributed by atoms with Crippen molar-refractivity contribution in [1.29, 1.82) is 0 Å². The molecule has 1 aromatic carbocycles. The Morgan fingerprint density at radius 2 is 1.78 bits per heavy atom. The van der Waals surface area contributed by atoms with Gasteiger partial charge in [0.1, 0.15) is 0 Å². The molecule has 18 heavy (non-hydrogen) atoms. The average Bonchev–Trinajstić information content (AvgIpc) is 2.40. The van der Waals surface area contributed by atoms with Crippen LogP contribution >= 0.6 is 0 Å². The Labute approximate surface area is 108 Å². The first kappa shape index (κ1) is 12.8. The SMILES string of the molecule is Cc1ccccc1C(C)(CO)Cc1ccncc1. The van der Waals surface area contributed by atoms with Crippen molar-refractivity contribution in [3.8, 4) is 0 Å². The van der Waals surface area contributed by atoms with Gasteiger partial charge in [-0.15, -0.1) is 0 Å². The fraction of sp³-hybridized carbons (Fsp3) is 0.312. The largest absolute Gasteiger partial charge is 0.395 e. The number of aromatic nitrogens is 1. The summed E-state index contributed by atoms with van der Waals surface area (Å²) in [7, 11) is 0. The highest BCUT2D eigenvalue weighted by molar-refractivity contribution is 5.35. The number of aliphatic hydroxyl groups is 1. The highest BCUT2D eigenvalue weighted by atomic mass is 16.3. The van der Waals surface area contributed by atoms with Crippen LogP contribution < -0.4 is 0 Å². The predicted molar refractivity (Wildman–Crippen MR) is 73.6 cm³/mol. The molecule has 1 atom stereocenters. The van der Waals surface area contributed by atoms with Gasteiger partial charge in [0.25, 0.3) is 0 Å². The van der Waals surface area contributed by atoms with Gasteiger partial charge in [0.15, 0.2) is 0 Å². The van der Waals surface area contributed by atoms with E-state index in [1.54, 1.807) is 12.4 Å². The summed E-state index contributed by atoms with van der Waals surface area (Å²) in [6, 6.07) is 12.3. The smallest absolute Gasteiger partial charge is 0.0528 e. The van der Waals surface area contributed by atoms with Gasteiger partial charge >= 0.3 is 0 Å². The molecular weight excluding hydrogens is 222 g/mol. The zero-order valence-electron chi connectivity index (χ0n) is 10.9. The first-order chi connectivity index (χ1) is 8.65. The van der Waals surface area contributed by atoms with Gasteiger partial charge in [-0.05, 0) is 42.2 Å². The highest BCUT2D eigenvalue weighted by Gasteiger charge is 2.27. The van der Waals surface area contributed by atoms with Crippen LogP contribution in [-0.2, 0) is 11.8 Å². The number of aryl methyl sites for hydroxylation is 1. The lowest BCUT2D eigenvalue weighted by molar-refractivity contribution is 0.204. The molecule has 2 nitrogen and oxygen atoms in total. The van der Waals surface area contributed by atoms with Crippen LogP contribution in [0.4, 0.5) is 0 Å². The number of aliphatic hydroxyl groups excluding tert-OH is 1. The Morgan fingerprint density at radius 3 is 2.39 bits per heavy atom. The molecule has 1 aromatic heterocycles. The number of hydrogen-bond acceptors (Lipinski definition) is 2. The Balaban J connectivity index is 2.34. The van der Waals surface area contributed by atoms with E-state index < -0.39 is 0 Å². The Bertz CT molecular complexity index is 510. The van der Waals surface area contributed by atoms with Gasteiger partial charge in [0.05, 0.1) is 6.61 Å². The summed E-state index contributed by atoms with van der Waals surface area (Å²) in [5, 5.41) is 9.81. The van der Waals surface area contributed by atoms with E-state index in [0.717, 1.165) is 6.42 Å². The van der Waals surface area contributed by atoms with E-state index in [0.29, 0.717) is 0 Å². The summed E-state index contributed by atoms with van der Waals surface area (Å²) >= 11 is 0. The van der Waals surface area contributed by atoms with Crippen LogP contribution in [0.5, 0.6) is 0 Å². The van der Waals surface area contributed by atoms with E-state index in [2.05, 4.69) is 31.0 Å². The van der Waals surface area contributed by atoms with Gasteiger partial charge in [0, 0.05) is 17.8 Å². The zero-order chi connectivity index (χ0) is 13.0. The third kappa shape index (κ3) is 2.59. The molecule has 0 aliphatic rings. The number of benzene rings is 1. The molecule has 2 heteroatoms. The monoisotopic (exact) mass is 241 g/mol. The second kappa shape index (κ2) is 5.32. The quantitative estimate of drug-likeness (QED) is 0.893. The van der Waals surface area contributed by atoms with Crippen molar-refractivity contribution in [3.63, 3.8) is 0 Å². The minimum atomic E-state index is -0.243. The summed E-state index contributed by atoms with van der Waals surface area (Å²) in [6.07, 6.45) is 4.41. The third-order valence-electron chi connectivity index (χ3n) is 3.49. The first-order valence-electron chi connectivity index (χ1n) is 6.21. The Hall–Kier alpha value is -1.67. The molecule has 1 N–H and O–H groups in total. The van der Waals surface area contributed by atoms with Crippen molar-refractivity contribution >= 4 is 0 Å². The van der Waals surface area contributed by atoms with Crippen molar-refractivity contribution in [3.05, 3.63) is 65.5 Å². The fourth-order valence-corrected chi connectivity index (χ4v) is 2.44. The summed E-state index contributed by atoms with van der Waals surface area (Å²) in [5.74, 6) is 0. The lowest BCUT2D eigenvalue weighted by Crippen LogP contribution is -2.30. The van der Waals surface area contributed by atoms with E-state index in [1.165, 1.54) is 16.7 Å². The van der Waals surface area contributed by atoms with Gasteiger partial charge in [-0.1, -0.05) is 31.2 Å². The molecule has 0 spiro atoms. The molecular formula is C16H19NO. The second-order valence-corrected chi connectivity index (χ2v) is 5.07. The van der Waals surface area contributed by atoms with Gasteiger partial charge in [-0.25, -0.2) is 0 Å². The topological polar surface area (TPSA) is 33.1 Å². The summed E-state index contributed by atoms with van der Waals surface area (Å²) in [5.41, 5.74) is 3.39. The second-order valence-electron chi connectivity index (χ2n) is 5.07. The van der Waals surface area contributed by atoms with Crippen LogP contribution in [0.25, 0.3) is 0 Å². The molecule has 1 unspecified atom stereocenters. The van der Waals surface area contributed by atoms with Crippen molar-refractivity contribution in [2.45, 2.75) is 25.7 Å². The molecule has 0 saturated heterocycles. The zero-order valence-corrected chi connectivity index (χ0v) is 10.9. The van der Waals surface area contributed by atoms with Crippen LogP contribution in [0.1, 0.15) is 23.6 Å². The average molecular weight is 241 g/mol.